The first-order valence-electron chi connectivity index (χ1n) is 6.80. The van der Waals surface area contributed by atoms with Gasteiger partial charge in [-0.3, -0.25) is 0 Å². The number of hydrogen-bond donors (Lipinski definition) is 1. The van der Waals surface area contributed by atoms with Crippen molar-refractivity contribution in [2.24, 2.45) is 0 Å². The maximum absolute atomic E-state index is 12.4. The highest BCUT2D eigenvalue weighted by Crippen LogP contribution is 2.27. The zero-order valence-electron chi connectivity index (χ0n) is 12.3. The minimum absolute atomic E-state index is 0.162. The summed E-state index contributed by atoms with van der Waals surface area (Å²) in [6.07, 6.45) is 0. The average molecular weight is 311 g/mol. The van der Waals surface area contributed by atoms with E-state index in [-0.39, 0.29) is 11.8 Å². The lowest BCUT2D eigenvalue weighted by atomic mass is 10.1. The van der Waals surface area contributed by atoms with Crippen LogP contribution in [0.4, 0.5) is 8.78 Å². The van der Waals surface area contributed by atoms with E-state index in [1.54, 1.807) is 29.5 Å². The summed E-state index contributed by atoms with van der Waals surface area (Å²) in [4.78, 5) is 2.56. The average Bonchev–Trinajstić information content (AvgIpc) is 2.76. The maximum atomic E-state index is 12.4. The molecule has 0 saturated carbocycles. The fraction of sp³-hybridized carbons (Fsp3) is 0.375. The lowest BCUT2D eigenvalue weighted by molar-refractivity contribution is -0.0505. The van der Waals surface area contributed by atoms with Crippen LogP contribution in [0, 0.1) is 13.8 Å². The van der Waals surface area contributed by atoms with Crippen molar-refractivity contribution in [2.75, 3.05) is 0 Å². The number of alkyl halides is 2. The van der Waals surface area contributed by atoms with E-state index < -0.39 is 6.61 Å². The van der Waals surface area contributed by atoms with E-state index in [0.29, 0.717) is 6.54 Å². The zero-order chi connectivity index (χ0) is 15.4. The molecule has 2 aromatic rings. The molecular weight excluding hydrogens is 292 g/mol. The molecule has 2 rings (SSSR count). The van der Waals surface area contributed by atoms with Crippen molar-refractivity contribution in [3.8, 4) is 5.75 Å². The molecule has 1 aromatic heterocycles. The fourth-order valence-corrected chi connectivity index (χ4v) is 3.34. The highest BCUT2D eigenvalue weighted by atomic mass is 32.1. The van der Waals surface area contributed by atoms with Gasteiger partial charge in [0.05, 0.1) is 0 Å². The molecule has 1 heterocycles. The van der Waals surface area contributed by atoms with E-state index in [9.17, 15) is 8.78 Å². The van der Waals surface area contributed by atoms with E-state index in [2.05, 4.69) is 36.9 Å². The lowest BCUT2D eigenvalue weighted by Crippen LogP contribution is -2.19. The van der Waals surface area contributed by atoms with Crippen LogP contribution in [0.2, 0.25) is 0 Å². The third kappa shape index (κ3) is 4.25. The van der Waals surface area contributed by atoms with E-state index in [0.717, 1.165) is 5.56 Å². The molecule has 2 nitrogen and oxygen atoms in total. The number of rotatable bonds is 6. The Bertz CT molecular complexity index is 598. The molecule has 0 saturated heterocycles. The van der Waals surface area contributed by atoms with Gasteiger partial charge in [0.1, 0.15) is 5.75 Å². The molecule has 0 aliphatic carbocycles. The SMILES string of the molecule is Cc1cc(C(C)NCc2ccccc2OC(F)F)c(C)s1. The van der Waals surface area contributed by atoms with Gasteiger partial charge in [0.25, 0.3) is 0 Å². The van der Waals surface area contributed by atoms with Crippen molar-refractivity contribution in [3.05, 3.63) is 51.2 Å². The standard InChI is InChI=1S/C16H19F2NOS/c1-10-8-14(12(3)21-10)11(2)19-9-13-6-4-5-7-15(13)20-16(17)18/h4-8,11,16,19H,9H2,1-3H3. The van der Waals surface area contributed by atoms with Gasteiger partial charge in [0.2, 0.25) is 0 Å². The molecule has 0 bridgehead atoms. The van der Waals surface area contributed by atoms with Crippen LogP contribution in [0.5, 0.6) is 5.75 Å². The number of aryl methyl sites for hydroxylation is 2. The Morgan fingerprint density at radius 3 is 2.57 bits per heavy atom. The van der Waals surface area contributed by atoms with Crippen LogP contribution in [-0.4, -0.2) is 6.61 Å². The summed E-state index contributed by atoms with van der Waals surface area (Å²) in [5.41, 5.74) is 1.99. The molecule has 5 heteroatoms. The van der Waals surface area contributed by atoms with Crippen LogP contribution >= 0.6 is 11.3 Å². The van der Waals surface area contributed by atoms with Gasteiger partial charge >= 0.3 is 6.61 Å². The molecule has 114 valence electrons. The first-order valence-corrected chi connectivity index (χ1v) is 7.62. The smallest absolute Gasteiger partial charge is 0.387 e. The van der Waals surface area contributed by atoms with Crippen LogP contribution in [0.15, 0.2) is 30.3 Å². The maximum Gasteiger partial charge on any atom is 0.387 e. The number of thiophene rings is 1. The highest BCUT2D eigenvalue weighted by Gasteiger charge is 2.13. The van der Waals surface area contributed by atoms with Gasteiger partial charge in [-0.25, -0.2) is 0 Å². The van der Waals surface area contributed by atoms with Crippen LogP contribution in [0.25, 0.3) is 0 Å². The largest absolute Gasteiger partial charge is 0.434 e. The van der Waals surface area contributed by atoms with E-state index in [1.807, 2.05) is 6.07 Å². The molecule has 0 amide bonds. The first-order chi connectivity index (χ1) is 9.97. The lowest BCUT2D eigenvalue weighted by Gasteiger charge is -2.16. The molecule has 0 aliphatic heterocycles. The topological polar surface area (TPSA) is 21.3 Å². The van der Waals surface area contributed by atoms with Gasteiger partial charge in [-0.05, 0) is 38.5 Å². The number of halogens is 2. The molecule has 0 radical (unpaired) electrons. The minimum atomic E-state index is -2.80. The number of nitrogens with one attached hydrogen (secondary N) is 1. The second-order valence-electron chi connectivity index (χ2n) is 4.96. The highest BCUT2D eigenvalue weighted by molar-refractivity contribution is 7.12. The van der Waals surface area contributed by atoms with Crippen molar-refractivity contribution in [3.63, 3.8) is 0 Å². The predicted molar refractivity (Wildman–Crippen MR) is 82.1 cm³/mol. The van der Waals surface area contributed by atoms with E-state index in [1.165, 1.54) is 15.3 Å². The Labute approximate surface area is 127 Å². The number of para-hydroxylation sites is 1. The minimum Gasteiger partial charge on any atom is -0.434 e. The van der Waals surface area contributed by atoms with Gasteiger partial charge in [0.15, 0.2) is 0 Å². The Morgan fingerprint density at radius 1 is 1.24 bits per heavy atom. The summed E-state index contributed by atoms with van der Waals surface area (Å²) in [6.45, 7) is 3.94. The van der Waals surface area contributed by atoms with Crippen molar-refractivity contribution in [1.82, 2.24) is 5.32 Å². The normalized spacial score (nSPS) is 12.7. The first kappa shape index (κ1) is 15.9. The van der Waals surface area contributed by atoms with Gasteiger partial charge < -0.3 is 10.1 Å². The number of hydrogen-bond acceptors (Lipinski definition) is 3. The second kappa shape index (κ2) is 7.00. The van der Waals surface area contributed by atoms with Crippen LogP contribution in [0.3, 0.4) is 0 Å². The molecule has 21 heavy (non-hydrogen) atoms. The van der Waals surface area contributed by atoms with Crippen molar-refractivity contribution >= 4 is 11.3 Å². The zero-order valence-corrected chi connectivity index (χ0v) is 13.1. The Kier molecular flexibility index (Phi) is 5.31. The molecule has 1 N–H and O–H groups in total. The van der Waals surface area contributed by atoms with Gasteiger partial charge in [0, 0.05) is 27.9 Å². The molecule has 0 fully saturated rings. The van der Waals surface area contributed by atoms with Gasteiger partial charge in [-0.2, -0.15) is 8.78 Å². The number of benzene rings is 1. The Morgan fingerprint density at radius 2 is 1.95 bits per heavy atom. The predicted octanol–water partition coefficient (Wildman–Crippen LogP) is 4.82. The molecular formula is C16H19F2NOS. The van der Waals surface area contributed by atoms with Crippen LogP contribution < -0.4 is 10.1 Å². The summed E-state index contributed by atoms with van der Waals surface area (Å²) in [6, 6.07) is 9.20. The monoisotopic (exact) mass is 311 g/mol. The van der Waals surface area contributed by atoms with Crippen LogP contribution in [0.1, 0.15) is 33.8 Å². The summed E-state index contributed by atoms with van der Waals surface area (Å²) in [5.74, 6) is 0.227. The molecule has 1 atom stereocenters. The second-order valence-corrected chi connectivity index (χ2v) is 6.42. The van der Waals surface area contributed by atoms with E-state index >= 15 is 0 Å². The molecule has 0 aliphatic rings. The third-order valence-electron chi connectivity index (χ3n) is 3.33. The Balaban J connectivity index is 2.04. The summed E-state index contributed by atoms with van der Waals surface area (Å²) in [7, 11) is 0. The van der Waals surface area contributed by atoms with E-state index in [4.69, 9.17) is 0 Å². The molecule has 1 unspecified atom stereocenters. The summed E-state index contributed by atoms with van der Waals surface area (Å²) >= 11 is 1.77. The third-order valence-corrected chi connectivity index (χ3v) is 4.31. The van der Waals surface area contributed by atoms with Crippen molar-refractivity contribution < 1.29 is 13.5 Å². The summed E-state index contributed by atoms with van der Waals surface area (Å²) in [5, 5.41) is 3.36. The van der Waals surface area contributed by atoms with Crippen molar-refractivity contribution in [2.45, 2.75) is 40.0 Å². The number of ether oxygens (including phenoxy) is 1. The summed E-state index contributed by atoms with van der Waals surface area (Å²) < 4.78 is 29.3. The molecule has 1 aromatic carbocycles. The quantitative estimate of drug-likeness (QED) is 0.826. The van der Waals surface area contributed by atoms with Gasteiger partial charge in [-0.1, -0.05) is 18.2 Å². The Hall–Kier alpha value is -1.46. The molecule has 0 spiro atoms. The van der Waals surface area contributed by atoms with Gasteiger partial charge in [-0.15, -0.1) is 11.3 Å². The van der Waals surface area contributed by atoms with Crippen LogP contribution in [-0.2, 0) is 6.54 Å². The van der Waals surface area contributed by atoms with Crippen molar-refractivity contribution in [1.29, 1.82) is 0 Å². The fourth-order valence-electron chi connectivity index (χ4n) is 2.31.